The van der Waals surface area contributed by atoms with Crippen LogP contribution in [0.1, 0.15) is 13.3 Å². The van der Waals surface area contributed by atoms with Crippen molar-refractivity contribution in [2.75, 3.05) is 50.2 Å². The zero-order valence-corrected chi connectivity index (χ0v) is 21.4. The lowest BCUT2D eigenvalue weighted by Crippen LogP contribution is -2.46. The Hall–Kier alpha value is -2.75. The number of thioether (sulfide) groups is 1. The van der Waals surface area contributed by atoms with Crippen LogP contribution in [-0.2, 0) is 9.53 Å². The highest BCUT2D eigenvalue weighted by molar-refractivity contribution is 7.98. The Morgan fingerprint density at radius 2 is 2.06 bits per heavy atom. The third kappa shape index (κ3) is 6.48. The molecule has 10 heteroatoms. The van der Waals surface area contributed by atoms with Gasteiger partial charge in [-0.05, 0) is 55.7 Å². The van der Waals surface area contributed by atoms with E-state index in [0.717, 1.165) is 17.9 Å². The Labute approximate surface area is 214 Å². The Morgan fingerprint density at radius 1 is 1.23 bits per heavy atom. The molecule has 3 aromatic rings. The number of amides is 1. The number of anilines is 2. The minimum atomic E-state index is -0.663. The maximum absolute atomic E-state index is 12.9. The molecule has 1 aliphatic heterocycles. The van der Waals surface area contributed by atoms with Gasteiger partial charge in [0.15, 0.2) is 6.10 Å². The molecule has 1 amide bonds. The second-order valence-corrected chi connectivity index (χ2v) is 9.43. The molecule has 35 heavy (non-hydrogen) atoms. The number of benzene rings is 2. The lowest BCUT2D eigenvalue weighted by molar-refractivity contribution is -0.142. The van der Waals surface area contributed by atoms with Gasteiger partial charge in [-0.1, -0.05) is 17.7 Å². The van der Waals surface area contributed by atoms with Gasteiger partial charge in [-0.15, -0.1) is 0 Å². The molecule has 0 aliphatic carbocycles. The molecule has 8 nitrogen and oxygen atoms in total. The van der Waals surface area contributed by atoms with E-state index in [9.17, 15) is 4.79 Å². The number of rotatable bonds is 10. The van der Waals surface area contributed by atoms with E-state index in [1.54, 1.807) is 29.7 Å². The average Bonchev–Trinajstić information content (AvgIpc) is 2.88. The van der Waals surface area contributed by atoms with Crippen LogP contribution in [-0.4, -0.2) is 71.8 Å². The fourth-order valence-electron chi connectivity index (χ4n) is 3.77. The van der Waals surface area contributed by atoms with Crippen molar-refractivity contribution in [1.82, 2.24) is 14.9 Å². The van der Waals surface area contributed by atoms with Crippen LogP contribution in [0.4, 0.5) is 11.5 Å². The summed E-state index contributed by atoms with van der Waals surface area (Å²) < 4.78 is 17.3. The summed E-state index contributed by atoms with van der Waals surface area (Å²) in [7, 11) is 0. The van der Waals surface area contributed by atoms with E-state index in [0.29, 0.717) is 66.2 Å². The van der Waals surface area contributed by atoms with Crippen LogP contribution >= 0.6 is 23.4 Å². The summed E-state index contributed by atoms with van der Waals surface area (Å²) in [6.45, 7) is 4.58. The predicted molar refractivity (Wildman–Crippen MR) is 140 cm³/mol. The van der Waals surface area contributed by atoms with Crippen LogP contribution in [0.15, 0.2) is 42.7 Å². The van der Waals surface area contributed by atoms with Crippen LogP contribution in [0.2, 0.25) is 5.02 Å². The fourth-order valence-corrected chi connectivity index (χ4v) is 4.41. The van der Waals surface area contributed by atoms with E-state index in [2.05, 4.69) is 21.5 Å². The highest BCUT2D eigenvalue weighted by Gasteiger charge is 2.25. The number of morpholine rings is 1. The van der Waals surface area contributed by atoms with Gasteiger partial charge in [-0.25, -0.2) is 9.97 Å². The lowest BCUT2D eigenvalue weighted by Gasteiger charge is -2.29. The van der Waals surface area contributed by atoms with Gasteiger partial charge < -0.3 is 24.4 Å². The third-order valence-electron chi connectivity index (χ3n) is 5.54. The van der Waals surface area contributed by atoms with Crippen LogP contribution in [0, 0.1) is 0 Å². The van der Waals surface area contributed by atoms with Gasteiger partial charge >= 0.3 is 0 Å². The minimum Gasteiger partial charge on any atom is -0.492 e. The van der Waals surface area contributed by atoms with Crippen molar-refractivity contribution >= 4 is 51.7 Å². The number of carbonyl (C=O) groups excluding carboxylic acids is 1. The topological polar surface area (TPSA) is 85.8 Å². The number of hydrogen-bond donors (Lipinski definition) is 1. The normalized spacial score (nSPS) is 14.5. The van der Waals surface area contributed by atoms with Crippen molar-refractivity contribution in [3.63, 3.8) is 0 Å². The molecule has 4 rings (SSSR count). The van der Waals surface area contributed by atoms with E-state index in [1.165, 1.54) is 6.33 Å². The first-order chi connectivity index (χ1) is 17.1. The maximum Gasteiger partial charge on any atom is 0.263 e. The molecule has 0 spiro atoms. The van der Waals surface area contributed by atoms with Gasteiger partial charge in [0.1, 0.15) is 23.6 Å². The zero-order valence-electron chi connectivity index (χ0n) is 19.8. The molecule has 0 radical (unpaired) electrons. The summed E-state index contributed by atoms with van der Waals surface area (Å²) in [6, 6.07) is 11.1. The van der Waals surface area contributed by atoms with Gasteiger partial charge in [0.05, 0.1) is 35.7 Å². The monoisotopic (exact) mass is 516 g/mol. The first kappa shape index (κ1) is 25.3. The molecule has 0 saturated carbocycles. The number of ether oxygens (including phenoxy) is 3. The standard InChI is InChI=1S/C25H29ClN4O4S/c1-17(25(31)30-9-12-32-13-10-30)34-22-6-3-5-20-23(22)24(28-16-27-20)29-18-7-8-21(19(26)15-18)33-11-4-14-35-2/h3,5-8,15-17H,4,9-14H2,1-2H3,(H,27,28,29)/t17-/m1/s1. The highest BCUT2D eigenvalue weighted by atomic mass is 35.5. The second-order valence-electron chi connectivity index (χ2n) is 8.04. The summed E-state index contributed by atoms with van der Waals surface area (Å²) >= 11 is 8.24. The SMILES string of the molecule is CSCCCOc1ccc(Nc2ncnc3cccc(O[C@H](C)C(=O)N4CCOCC4)c23)cc1Cl. The zero-order chi connectivity index (χ0) is 24.6. The molecule has 1 fully saturated rings. The molecular weight excluding hydrogens is 488 g/mol. The number of nitrogens with zero attached hydrogens (tertiary/aromatic N) is 3. The van der Waals surface area contributed by atoms with Crippen molar-refractivity contribution in [3.05, 3.63) is 47.7 Å². The van der Waals surface area contributed by atoms with E-state index < -0.39 is 6.10 Å². The van der Waals surface area contributed by atoms with Crippen molar-refractivity contribution in [3.8, 4) is 11.5 Å². The van der Waals surface area contributed by atoms with Crippen LogP contribution < -0.4 is 14.8 Å². The molecule has 0 unspecified atom stereocenters. The molecule has 0 bridgehead atoms. The molecule has 2 aromatic carbocycles. The van der Waals surface area contributed by atoms with E-state index in [-0.39, 0.29) is 5.91 Å². The molecule has 1 aliphatic rings. The van der Waals surface area contributed by atoms with Crippen molar-refractivity contribution in [1.29, 1.82) is 0 Å². The summed E-state index contributed by atoms with van der Waals surface area (Å²) in [6.07, 6.45) is 3.86. The molecule has 1 N–H and O–H groups in total. The fraction of sp³-hybridized carbons (Fsp3) is 0.400. The third-order valence-corrected chi connectivity index (χ3v) is 6.54. The Morgan fingerprint density at radius 3 is 2.83 bits per heavy atom. The predicted octanol–water partition coefficient (Wildman–Crippen LogP) is 4.78. The lowest BCUT2D eigenvalue weighted by atomic mass is 10.2. The highest BCUT2D eigenvalue weighted by Crippen LogP contribution is 2.34. The van der Waals surface area contributed by atoms with Crippen molar-refractivity contribution in [2.45, 2.75) is 19.4 Å². The summed E-state index contributed by atoms with van der Waals surface area (Å²) in [5.41, 5.74) is 1.45. The Kier molecular flexibility index (Phi) is 8.90. The molecule has 1 aromatic heterocycles. The summed E-state index contributed by atoms with van der Waals surface area (Å²) in [5, 5.41) is 4.51. The van der Waals surface area contributed by atoms with E-state index in [1.807, 2.05) is 30.3 Å². The number of hydrogen-bond acceptors (Lipinski definition) is 8. The van der Waals surface area contributed by atoms with Gasteiger partial charge in [0.2, 0.25) is 0 Å². The van der Waals surface area contributed by atoms with Crippen molar-refractivity contribution < 1.29 is 19.0 Å². The van der Waals surface area contributed by atoms with Crippen LogP contribution in [0.3, 0.4) is 0 Å². The van der Waals surface area contributed by atoms with E-state index >= 15 is 0 Å². The largest absolute Gasteiger partial charge is 0.492 e. The molecule has 1 atom stereocenters. The van der Waals surface area contributed by atoms with Crippen molar-refractivity contribution in [2.24, 2.45) is 0 Å². The number of carbonyl (C=O) groups is 1. The van der Waals surface area contributed by atoms with Crippen LogP contribution in [0.25, 0.3) is 10.9 Å². The molecule has 2 heterocycles. The number of halogens is 1. The molecular formula is C25H29ClN4O4S. The van der Waals surface area contributed by atoms with Gasteiger partial charge in [0, 0.05) is 18.8 Å². The Bertz CT molecular complexity index is 1150. The number of fused-ring (bicyclic) bond motifs is 1. The average molecular weight is 517 g/mol. The smallest absolute Gasteiger partial charge is 0.263 e. The maximum atomic E-state index is 12.9. The second kappa shape index (κ2) is 12.3. The van der Waals surface area contributed by atoms with Gasteiger partial charge in [-0.3, -0.25) is 4.79 Å². The van der Waals surface area contributed by atoms with E-state index in [4.69, 9.17) is 25.8 Å². The summed E-state index contributed by atoms with van der Waals surface area (Å²) in [5.74, 6) is 2.70. The summed E-state index contributed by atoms with van der Waals surface area (Å²) in [4.78, 5) is 23.4. The van der Waals surface area contributed by atoms with Gasteiger partial charge in [0.25, 0.3) is 5.91 Å². The minimum absolute atomic E-state index is 0.0726. The first-order valence-electron chi connectivity index (χ1n) is 11.5. The van der Waals surface area contributed by atoms with Crippen LogP contribution in [0.5, 0.6) is 11.5 Å². The number of aromatic nitrogens is 2. The first-order valence-corrected chi connectivity index (χ1v) is 13.3. The Balaban J connectivity index is 1.53. The molecule has 1 saturated heterocycles. The molecule has 186 valence electrons. The number of nitrogens with one attached hydrogen (secondary N) is 1. The quantitative estimate of drug-likeness (QED) is 0.385. The van der Waals surface area contributed by atoms with Gasteiger partial charge in [-0.2, -0.15) is 11.8 Å².